The van der Waals surface area contributed by atoms with Crippen LogP contribution >= 0.6 is 15.9 Å². The number of halogens is 7. The molecule has 0 saturated heterocycles. The van der Waals surface area contributed by atoms with Crippen molar-refractivity contribution in [2.45, 2.75) is 55.2 Å². The fourth-order valence-electron chi connectivity index (χ4n) is 4.34. The van der Waals surface area contributed by atoms with E-state index >= 15 is 0 Å². The van der Waals surface area contributed by atoms with Gasteiger partial charge in [-0.25, -0.2) is 13.2 Å². The molecule has 0 spiro atoms. The van der Waals surface area contributed by atoms with Gasteiger partial charge in [-0.2, -0.15) is 13.2 Å². The Morgan fingerprint density at radius 2 is 1.91 bits per heavy atom. The van der Waals surface area contributed by atoms with Gasteiger partial charge in [-0.05, 0) is 25.0 Å². The van der Waals surface area contributed by atoms with Gasteiger partial charge in [0.1, 0.15) is 46.5 Å². The second kappa shape index (κ2) is 10.0. The first-order valence-corrected chi connectivity index (χ1v) is 12.0. The second-order valence-corrected chi connectivity index (χ2v) is 9.80. The maximum Gasteiger partial charge on any atom is 0.397 e. The van der Waals surface area contributed by atoms with E-state index in [1.807, 2.05) is 0 Å². The maximum absolute atomic E-state index is 14.1. The van der Waals surface area contributed by atoms with Gasteiger partial charge in [0, 0.05) is 43.0 Å². The van der Waals surface area contributed by atoms with E-state index < -0.39 is 30.3 Å². The minimum atomic E-state index is -4.55. The van der Waals surface area contributed by atoms with Crippen LogP contribution in [0.4, 0.5) is 26.3 Å². The van der Waals surface area contributed by atoms with Crippen LogP contribution < -0.4 is 14.8 Å². The normalized spacial score (nSPS) is 27.0. The number of nitrogens with zero attached hydrogens (tertiary/aromatic N) is 2. The highest BCUT2D eigenvalue weighted by Gasteiger charge is 2.41. The van der Waals surface area contributed by atoms with Crippen molar-refractivity contribution < 1.29 is 35.8 Å². The Bertz CT molecular complexity index is 1030. The van der Waals surface area contributed by atoms with E-state index in [1.54, 1.807) is 18.2 Å². The van der Waals surface area contributed by atoms with Crippen LogP contribution in [0.3, 0.4) is 0 Å². The fraction of sp³-hybridized carbons (Fsp3) is 0.565. The van der Waals surface area contributed by atoms with Gasteiger partial charge in [0.05, 0.1) is 13.0 Å². The molecule has 192 valence electrons. The lowest BCUT2D eigenvalue weighted by Gasteiger charge is -2.28. The number of amidine groups is 1. The summed E-state index contributed by atoms with van der Waals surface area (Å²) in [6, 6.07) is 4.55. The van der Waals surface area contributed by atoms with Crippen LogP contribution in [-0.4, -0.2) is 42.8 Å². The molecule has 0 aromatic heterocycles. The third kappa shape index (κ3) is 5.95. The van der Waals surface area contributed by atoms with Crippen LogP contribution in [0.1, 0.15) is 43.7 Å². The Labute approximate surface area is 206 Å². The van der Waals surface area contributed by atoms with Gasteiger partial charge in [0.15, 0.2) is 0 Å². The summed E-state index contributed by atoms with van der Waals surface area (Å²) in [4.78, 5) is 8.06. The van der Waals surface area contributed by atoms with Gasteiger partial charge in [-0.15, -0.1) is 0 Å². The zero-order valence-corrected chi connectivity index (χ0v) is 20.3. The van der Waals surface area contributed by atoms with E-state index in [0.29, 0.717) is 36.4 Å². The van der Waals surface area contributed by atoms with Crippen LogP contribution in [0.15, 0.2) is 39.7 Å². The lowest BCUT2D eigenvalue weighted by Crippen LogP contribution is -2.35. The average Bonchev–Trinajstić information content (AvgIpc) is 3.18. The predicted octanol–water partition coefficient (Wildman–Crippen LogP) is 6.50. The molecule has 1 aromatic carbocycles. The molecule has 1 fully saturated rings. The minimum Gasteiger partial charge on any atom is -0.496 e. The monoisotopic (exact) mass is 567 g/mol. The molecule has 0 amide bonds. The maximum atomic E-state index is 14.1. The van der Waals surface area contributed by atoms with Crippen molar-refractivity contribution >= 4 is 28.0 Å². The quantitative estimate of drug-likeness (QED) is 0.242. The summed E-state index contributed by atoms with van der Waals surface area (Å²) in [7, 11) is 1.47. The summed E-state index contributed by atoms with van der Waals surface area (Å²) < 4.78 is 90.4. The number of benzene rings is 1. The number of hydrogen-bond donors (Lipinski definition) is 1. The van der Waals surface area contributed by atoms with Crippen LogP contribution in [0.2, 0.25) is 0 Å². The van der Waals surface area contributed by atoms with Crippen molar-refractivity contribution in [2.75, 3.05) is 13.7 Å². The van der Waals surface area contributed by atoms with E-state index in [2.05, 4.69) is 26.2 Å². The third-order valence-corrected chi connectivity index (χ3v) is 7.12. The number of alkyl halides is 6. The minimum absolute atomic E-state index is 0.0653. The van der Waals surface area contributed by atoms with E-state index in [-0.39, 0.29) is 42.1 Å². The summed E-state index contributed by atoms with van der Waals surface area (Å²) >= 11 is 3.56. The number of allylic oxidation sites excluding steroid dienone is 1. The Hall–Kier alpha value is -2.24. The van der Waals surface area contributed by atoms with E-state index in [9.17, 15) is 26.3 Å². The van der Waals surface area contributed by atoms with E-state index in [1.165, 1.54) is 7.11 Å². The molecule has 1 saturated carbocycles. The third-order valence-electron chi connectivity index (χ3n) is 6.39. The van der Waals surface area contributed by atoms with Crippen LogP contribution in [-0.2, 0) is 0 Å². The number of aliphatic imine (C=N–C) groups is 2. The number of hydrogen-bond acceptors (Lipinski definition) is 5. The van der Waals surface area contributed by atoms with Crippen LogP contribution in [0.5, 0.6) is 11.5 Å². The zero-order valence-electron chi connectivity index (χ0n) is 18.7. The lowest BCUT2D eigenvalue weighted by molar-refractivity contribution is -0.154. The van der Waals surface area contributed by atoms with Crippen molar-refractivity contribution in [3.05, 3.63) is 35.3 Å². The molecular formula is C23H24BrF6N3O2. The Kier molecular flexibility index (Phi) is 7.40. The molecule has 12 heteroatoms. The standard InChI is InChI=1S/C23H24BrF6N3O2/c1-34-18-9-14(35-11-17-16(25)8-13(10-31-17)23(28,29)30)2-3-15(18)19-20(24)33-21(32-19)12-4-6-22(26,27)7-5-12/h2-3,9-10,12-13,19-20H,4-8,11H2,1H3,(H,32,33). The van der Waals surface area contributed by atoms with Gasteiger partial charge in [0.2, 0.25) is 5.92 Å². The first-order chi connectivity index (χ1) is 16.5. The molecule has 2 aliphatic heterocycles. The summed E-state index contributed by atoms with van der Waals surface area (Å²) in [6.45, 7) is -0.337. The fourth-order valence-corrected chi connectivity index (χ4v) is 4.98. The van der Waals surface area contributed by atoms with Gasteiger partial charge < -0.3 is 14.8 Å². The highest BCUT2D eigenvalue weighted by atomic mass is 79.9. The van der Waals surface area contributed by atoms with Crippen molar-refractivity contribution in [3.63, 3.8) is 0 Å². The largest absolute Gasteiger partial charge is 0.496 e. The van der Waals surface area contributed by atoms with Crippen LogP contribution in [0.25, 0.3) is 0 Å². The molecule has 2 heterocycles. The predicted molar refractivity (Wildman–Crippen MR) is 122 cm³/mol. The van der Waals surface area contributed by atoms with E-state index in [0.717, 1.165) is 5.56 Å². The molecule has 1 aromatic rings. The van der Waals surface area contributed by atoms with Gasteiger partial charge in [-0.3, -0.25) is 9.98 Å². The van der Waals surface area contributed by atoms with Crippen molar-refractivity contribution in [1.29, 1.82) is 0 Å². The molecule has 5 nitrogen and oxygen atoms in total. The van der Waals surface area contributed by atoms with Crippen LogP contribution in [0, 0.1) is 11.8 Å². The molecule has 0 radical (unpaired) electrons. The van der Waals surface area contributed by atoms with E-state index in [4.69, 9.17) is 14.5 Å². The number of nitrogens with one attached hydrogen (secondary N) is 1. The summed E-state index contributed by atoms with van der Waals surface area (Å²) in [5.74, 6) is -4.15. The zero-order chi connectivity index (χ0) is 25.4. The highest BCUT2D eigenvalue weighted by Crippen LogP contribution is 2.42. The molecule has 3 atom stereocenters. The first kappa shape index (κ1) is 25.8. The van der Waals surface area contributed by atoms with Gasteiger partial charge in [0.25, 0.3) is 0 Å². The average molecular weight is 568 g/mol. The molecular weight excluding hydrogens is 544 g/mol. The molecule has 1 aliphatic carbocycles. The van der Waals surface area contributed by atoms with Crippen molar-refractivity contribution in [1.82, 2.24) is 5.32 Å². The molecule has 4 rings (SSSR count). The molecule has 35 heavy (non-hydrogen) atoms. The molecule has 0 bridgehead atoms. The van der Waals surface area contributed by atoms with Crippen molar-refractivity contribution in [2.24, 2.45) is 21.8 Å². The second-order valence-electron chi connectivity index (χ2n) is 8.81. The van der Waals surface area contributed by atoms with Gasteiger partial charge in [-0.1, -0.05) is 15.9 Å². The highest BCUT2D eigenvalue weighted by molar-refractivity contribution is 9.09. The molecule has 3 unspecified atom stereocenters. The SMILES string of the molecule is COc1cc(OCC2=C(F)CC(C(F)(F)F)C=N2)ccc1C1N=C(C2CCC(F)(F)CC2)NC1Br. The Morgan fingerprint density at radius 3 is 2.54 bits per heavy atom. The topological polar surface area (TPSA) is 55.2 Å². The van der Waals surface area contributed by atoms with Gasteiger partial charge >= 0.3 is 6.18 Å². The first-order valence-electron chi connectivity index (χ1n) is 11.1. The smallest absolute Gasteiger partial charge is 0.397 e. The lowest BCUT2D eigenvalue weighted by atomic mass is 9.86. The number of rotatable bonds is 6. The number of methoxy groups -OCH3 is 1. The molecule has 1 N–H and O–H groups in total. The summed E-state index contributed by atoms with van der Waals surface area (Å²) in [5.41, 5.74) is 0.529. The van der Waals surface area contributed by atoms with Crippen molar-refractivity contribution in [3.8, 4) is 11.5 Å². The molecule has 3 aliphatic rings. The number of ether oxygens (including phenoxy) is 2. The summed E-state index contributed by atoms with van der Waals surface area (Å²) in [6.07, 6.45) is -4.27. The Balaban J connectivity index is 1.43. The summed E-state index contributed by atoms with van der Waals surface area (Å²) in [5, 5.41) is 3.24. The Morgan fingerprint density at radius 1 is 1.20 bits per heavy atom.